The summed E-state index contributed by atoms with van der Waals surface area (Å²) >= 11 is 0. The molecule has 3 nitrogen and oxygen atoms in total. The monoisotopic (exact) mass is 198 g/mol. The number of hydrogen-bond donors (Lipinski definition) is 1. The molecule has 1 fully saturated rings. The maximum atomic E-state index is 11.9. The molecular weight excluding hydrogens is 176 g/mol. The molecular formula is C11H22N2O. The second-order valence-electron chi connectivity index (χ2n) is 4.51. The third-order valence-electron chi connectivity index (χ3n) is 3.28. The Morgan fingerprint density at radius 3 is 2.50 bits per heavy atom. The van der Waals surface area contributed by atoms with Gasteiger partial charge in [0.25, 0.3) is 0 Å². The Morgan fingerprint density at radius 1 is 1.50 bits per heavy atom. The number of amides is 1. The van der Waals surface area contributed by atoms with E-state index in [1.165, 1.54) is 12.8 Å². The van der Waals surface area contributed by atoms with Crippen molar-refractivity contribution in [1.29, 1.82) is 0 Å². The minimum Gasteiger partial charge on any atom is -0.343 e. The van der Waals surface area contributed by atoms with Gasteiger partial charge < -0.3 is 10.6 Å². The van der Waals surface area contributed by atoms with E-state index in [2.05, 4.69) is 6.92 Å². The van der Waals surface area contributed by atoms with Crippen molar-refractivity contribution >= 4 is 5.91 Å². The summed E-state index contributed by atoms with van der Waals surface area (Å²) < 4.78 is 0. The molecule has 0 heterocycles. The largest absolute Gasteiger partial charge is 0.343 e. The first-order chi connectivity index (χ1) is 6.57. The highest BCUT2D eigenvalue weighted by atomic mass is 16.2. The SMILES string of the molecule is CC(CCN)C(=O)N(C)C(C)C1CC1. The topological polar surface area (TPSA) is 46.3 Å². The van der Waals surface area contributed by atoms with E-state index in [1.807, 2.05) is 18.9 Å². The minimum absolute atomic E-state index is 0.0752. The third kappa shape index (κ3) is 2.71. The van der Waals surface area contributed by atoms with E-state index in [9.17, 15) is 4.79 Å². The van der Waals surface area contributed by atoms with Crippen LogP contribution in [0.15, 0.2) is 0 Å². The van der Waals surface area contributed by atoms with E-state index in [-0.39, 0.29) is 11.8 Å². The standard InChI is InChI=1S/C11H22N2O/c1-8(6-7-12)11(14)13(3)9(2)10-4-5-10/h8-10H,4-7,12H2,1-3H3. The summed E-state index contributed by atoms with van der Waals surface area (Å²) in [4.78, 5) is 13.8. The first-order valence-electron chi connectivity index (χ1n) is 5.54. The van der Waals surface area contributed by atoms with Crippen molar-refractivity contribution in [2.45, 2.75) is 39.2 Å². The molecule has 0 bridgehead atoms. The molecule has 0 saturated heterocycles. The summed E-state index contributed by atoms with van der Waals surface area (Å²) in [5, 5.41) is 0. The first-order valence-corrected chi connectivity index (χ1v) is 5.54. The summed E-state index contributed by atoms with van der Waals surface area (Å²) in [6, 6.07) is 0.405. The number of nitrogens with zero attached hydrogens (tertiary/aromatic N) is 1. The Kier molecular flexibility index (Phi) is 3.93. The first kappa shape index (κ1) is 11.5. The van der Waals surface area contributed by atoms with Gasteiger partial charge in [0.2, 0.25) is 5.91 Å². The Labute approximate surface area is 86.6 Å². The molecule has 82 valence electrons. The minimum atomic E-state index is 0.0752. The molecule has 0 radical (unpaired) electrons. The fraction of sp³-hybridized carbons (Fsp3) is 0.909. The van der Waals surface area contributed by atoms with Gasteiger partial charge in [-0.1, -0.05) is 6.92 Å². The lowest BCUT2D eigenvalue weighted by atomic mass is 10.0. The smallest absolute Gasteiger partial charge is 0.225 e. The lowest BCUT2D eigenvalue weighted by Gasteiger charge is -2.27. The summed E-state index contributed by atoms with van der Waals surface area (Å²) in [5.41, 5.74) is 5.44. The molecule has 1 aliphatic carbocycles. The van der Waals surface area contributed by atoms with Crippen LogP contribution in [0.2, 0.25) is 0 Å². The van der Waals surface area contributed by atoms with Crippen LogP contribution >= 0.6 is 0 Å². The second-order valence-corrected chi connectivity index (χ2v) is 4.51. The van der Waals surface area contributed by atoms with Crippen molar-refractivity contribution in [2.24, 2.45) is 17.6 Å². The Morgan fingerprint density at radius 2 is 2.07 bits per heavy atom. The van der Waals surface area contributed by atoms with Crippen molar-refractivity contribution in [3.8, 4) is 0 Å². The van der Waals surface area contributed by atoms with Crippen LogP contribution in [0.25, 0.3) is 0 Å². The average Bonchev–Trinajstić information content (AvgIpc) is 2.98. The second kappa shape index (κ2) is 4.78. The summed E-state index contributed by atoms with van der Waals surface area (Å²) in [5.74, 6) is 1.06. The van der Waals surface area contributed by atoms with Crippen molar-refractivity contribution in [1.82, 2.24) is 4.90 Å². The Bertz CT molecular complexity index is 201. The van der Waals surface area contributed by atoms with Crippen molar-refractivity contribution in [2.75, 3.05) is 13.6 Å². The number of hydrogen-bond acceptors (Lipinski definition) is 2. The van der Waals surface area contributed by atoms with Crippen LogP contribution in [0.5, 0.6) is 0 Å². The summed E-state index contributed by atoms with van der Waals surface area (Å²) in [6.45, 7) is 4.70. The summed E-state index contributed by atoms with van der Waals surface area (Å²) in [6.07, 6.45) is 3.36. The zero-order valence-corrected chi connectivity index (χ0v) is 9.49. The Balaban J connectivity index is 2.41. The van der Waals surface area contributed by atoms with Gasteiger partial charge in [0.05, 0.1) is 0 Å². The summed E-state index contributed by atoms with van der Waals surface area (Å²) in [7, 11) is 1.92. The molecule has 1 aliphatic rings. The van der Waals surface area contributed by atoms with Gasteiger partial charge >= 0.3 is 0 Å². The number of carbonyl (C=O) groups excluding carboxylic acids is 1. The van der Waals surface area contributed by atoms with Gasteiger partial charge in [0, 0.05) is 19.0 Å². The lowest BCUT2D eigenvalue weighted by molar-refractivity contribution is -0.136. The fourth-order valence-corrected chi connectivity index (χ4v) is 1.82. The lowest BCUT2D eigenvalue weighted by Crippen LogP contribution is -2.40. The molecule has 0 spiro atoms. The average molecular weight is 198 g/mol. The van der Waals surface area contributed by atoms with Crippen LogP contribution in [-0.4, -0.2) is 30.4 Å². The molecule has 2 N–H and O–H groups in total. The number of rotatable bonds is 5. The van der Waals surface area contributed by atoms with Crippen LogP contribution in [0.1, 0.15) is 33.1 Å². The fourth-order valence-electron chi connectivity index (χ4n) is 1.82. The van der Waals surface area contributed by atoms with E-state index < -0.39 is 0 Å². The molecule has 2 atom stereocenters. The maximum Gasteiger partial charge on any atom is 0.225 e. The Hall–Kier alpha value is -0.570. The zero-order chi connectivity index (χ0) is 10.7. The quantitative estimate of drug-likeness (QED) is 0.722. The van der Waals surface area contributed by atoms with Crippen LogP contribution in [0.3, 0.4) is 0 Å². The predicted octanol–water partition coefficient (Wildman–Crippen LogP) is 1.23. The van der Waals surface area contributed by atoms with Gasteiger partial charge in [-0.3, -0.25) is 4.79 Å². The third-order valence-corrected chi connectivity index (χ3v) is 3.28. The molecule has 1 rings (SSSR count). The highest BCUT2D eigenvalue weighted by Crippen LogP contribution is 2.35. The molecule has 2 unspecified atom stereocenters. The normalized spacial score (nSPS) is 20.3. The molecule has 1 saturated carbocycles. The van der Waals surface area contributed by atoms with E-state index in [1.54, 1.807) is 0 Å². The molecule has 0 aliphatic heterocycles. The van der Waals surface area contributed by atoms with Crippen LogP contribution < -0.4 is 5.73 Å². The van der Waals surface area contributed by atoms with Crippen molar-refractivity contribution in [3.05, 3.63) is 0 Å². The molecule has 3 heteroatoms. The van der Waals surface area contributed by atoms with E-state index >= 15 is 0 Å². The zero-order valence-electron chi connectivity index (χ0n) is 9.49. The van der Waals surface area contributed by atoms with Gasteiger partial charge in [0.1, 0.15) is 0 Å². The number of nitrogens with two attached hydrogens (primary N) is 1. The van der Waals surface area contributed by atoms with Crippen LogP contribution in [0, 0.1) is 11.8 Å². The van der Waals surface area contributed by atoms with Crippen molar-refractivity contribution < 1.29 is 4.79 Å². The molecule has 0 aromatic heterocycles. The van der Waals surface area contributed by atoms with E-state index in [4.69, 9.17) is 5.73 Å². The highest BCUT2D eigenvalue weighted by Gasteiger charge is 2.33. The highest BCUT2D eigenvalue weighted by molar-refractivity contribution is 5.78. The van der Waals surface area contributed by atoms with Gasteiger partial charge in [0.15, 0.2) is 0 Å². The number of carbonyl (C=O) groups is 1. The van der Waals surface area contributed by atoms with Gasteiger partial charge in [-0.15, -0.1) is 0 Å². The van der Waals surface area contributed by atoms with E-state index in [0.29, 0.717) is 12.6 Å². The van der Waals surface area contributed by atoms with Gasteiger partial charge in [-0.05, 0) is 38.6 Å². The maximum absolute atomic E-state index is 11.9. The molecule has 0 aromatic carbocycles. The van der Waals surface area contributed by atoms with E-state index in [0.717, 1.165) is 12.3 Å². The van der Waals surface area contributed by atoms with Crippen LogP contribution in [-0.2, 0) is 4.79 Å². The molecule has 14 heavy (non-hydrogen) atoms. The van der Waals surface area contributed by atoms with Gasteiger partial charge in [-0.25, -0.2) is 0 Å². The van der Waals surface area contributed by atoms with Gasteiger partial charge in [-0.2, -0.15) is 0 Å². The molecule has 0 aromatic rings. The van der Waals surface area contributed by atoms with Crippen LogP contribution in [0.4, 0.5) is 0 Å². The predicted molar refractivity (Wildman–Crippen MR) is 57.8 cm³/mol. The molecule has 1 amide bonds. The van der Waals surface area contributed by atoms with Crippen molar-refractivity contribution in [3.63, 3.8) is 0 Å².